The first kappa shape index (κ1) is 26.2. The molecule has 8 nitrogen and oxygen atoms in total. The van der Waals surface area contributed by atoms with Gasteiger partial charge in [-0.3, -0.25) is 9.59 Å². The molecule has 0 aliphatic carbocycles. The number of amides is 2. The number of hydrogen-bond donors (Lipinski definition) is 2. The Bertz CT molecular complexity index is 536. The lowest BCUT2D eigenvalue weighted by molar-refractivity contribution is -0.175. The second-order valence-corrected chi connectivity index (χ2v) is 7.22. The van der Waals surface area contributed by atoms with Gasteiger partial charge in [-0.15, -0.1) is 0 Å². The van der Waals surface area contributed by atoms with Crippen LogP contribution in [-0.2, 0) is 28.7 Å². The van der Waals surface area contributed by atoms with Gasteiger partial charge in [0.25, 0.3) is 0 Å². The maximum Gasteiger partial charge on any atom is 0.471 e. The Hall–Kier alpha value is -1.84. The molecule has 0 saturated carbocycles. The van der Waals surface area contributed by atoms with Gasteiger partial charge >= 0.3 is 36.1 Å². The summed E-state index contributed by atoms with van der Waals surface area (Å²) in [6.07, 6.45) is -10.5. The van der Waals surface area contributed by atoms with E-state index in [2.05, 4.69) is 9.47 Å². The molecule has 16 heteroatoms. The third kappa shape index (κ3) is 9.38. The van der Waals surface area contributed by atoms with Gasteiger partial charge in [0.1, 0.15) is 12.1 Å². The van der Waals surface area contributed by atoms with E-state index in [-0.39, 0.29) is 0 Å². The Labute approximate surface area is 161 Å². The van der Waals surface area contributed by atoms with Crippen LogP contribution in [0.4, 0.5) is 26.3 Å². The minimum Gasteiger partial charge on any atom is -0.467 e. The van der Waals surface area contributed by atoms with Gasteiger partial charge in [0.2, 0.25) is 0 Å². The summed E-state index contributed by atoms with van der Waals surface area (Å²) < 4.78 is 82.0. The highest BCUT2D eigenvalue weighted by Gasteiger charge is 2.42. The number of carbonyl (C=O) groups excluding carboxylic acids is 4. The first-order valence-corrected chi connectivity index (χ1v) is 9.38. The second kappa shape index (κ2) is 11.2. The molecular formula is C12H14F6N2O6S2. The Morgan fingerprint density at radius 2 is 1.04 bits per heavy atom. The van der Waals surface area contributed by atoms with Crippen molar-refractivity contribution < 1.29 is 55.0 Å². The lowest BCUT2D eigenvalue weighted by Crippen LogP contribution is -2.49. The van der Waals surface area contributed by atoms with Crippen LogP contribution in [0.3, 0.4) is 0 Å². The first-order valence-electron chi connectivity index (χ1n) is 6.89. The van der Waals surface area contributed by atoms with Gasteiger partial charge in [-0.05, 0) is 0 Å². The van der Waals surface area contributed by atoms with E-state index in [1.807, 2.05) is 0 Å². The normalized spacial score (nSPS) is 13.9. The fourth-order valence-electron chi connectivity index (χ4n) is 1.33. The number of alkyl halides is 6. The summed E-state index contributed by atoms with van der Waals surface area (Å²) in [5.74, 6) is -8.11. The number of esters is 2. The van der Waals surface area contributed by atoms with Crippen molar-refractivity contribution in [2.45, 2.75) is 24.4 Å². The molecule has 2 atom stereocenters. The van der Waals surface area contributed by atoms with Crippen LogP contribution in [0.15, 0.2) is 0 Å². The molecule has 0 rings (SSSR count). The Morgan fingerprint density at radius 1 is 0.750 bits per heavy atom. The van der Waals surface area contributed by atoms with Gasteiger partial charge in [0, 0.05) is 11.5 Å². The molecular weight excluding hydrogens is 446 g/mol. The van der Waals surface area contributed by atoms with E-state index in [0.717, 1.165) is 14.2 Å². The molecule has 0 aromatic carbocycles. The van der Waals surface area contributed by atoms with Crippen LogP contribution in [0, 0.1) is 0 Å². The molecule has 0 radical (unpaired) electrons. The number of rotatable bonds is 9. The Balaban J connectivity index is 4.79. The number of methoxy groups -OCH3 is 2. The SMILES string of the molecule is COC(=O)C(CSSCC(NC(=O)C(F)(F)F)C(=O)OC)NC(=O)C(F)(F)F. The lowest BCUT2D eigenvalue weighted by Gasteiger charge is -2.18. The zero-order valence-electron chi connectivity index (χ0n) is 14.1. The van der Waals surface area contributed by atoms with E-state index in [0.29, 0.717) is 21.6 Å². The van der Waals surface area contributed by atoms with Crippen molar-refractivity contribution in [1.29, 1.82) is 0 Å². The topological polar surface area (TPSA) is 111 Å². The third-order valence-corrected chi connectivity index (χ3v) is 5.07. The van der Waals surface area contributed by atoms with Gasteiger partial charge in [0.15, 0.2) is 0 Å². The number of halogens is 6. The number of carbonyl (C=O) groups is 4. The molecule has 2 amide bonds. The minimum absolute atomic E-state index is 0.472. The highest BCUT2D eigenvalue weighted by Crippen LogP contribution is 2.25. The van der Waals surface area contributed by atoms with Crippen molar-refractivity contribution >= 4 is 45.3 Å². The van der Waals surface area contributed by atoms with Gasteiger partial charge in [0.05, 0.1) is 14.2 Å². The number of hydrogen-bond acceptors (Lipinski definition) is 8. The van der Waals surface area contributed by atoms with Gasteiger partial charge in [-0.2, -0.15) is 26.3 Å². The standard InChI is InChI=1S/C12H14F6N2O6S2/c1-25-7(21)5(19-9(23)11(13,14)15)3-27-28-4-6(8(22)26-2)20-10(24)12(16,17)18/h5-6H,3-4H2,1-2H3,(H,19,23)(H,20,24). The first-order chi connectivity index (χ1) is 12.7. The molecule has 0 aliphatic heterocycles. The summed E-state index contributed by atoms with van der Waals surface area (Å²) >= 11 is 0. The van der Waals surface area contributed by atoms with Crippen molar-refractivity contribution in [3.63, 3.8) is 0 Å². The second-order valence-electron chi connectivity index (χ2n) is 4.66. The quantitative estimate of drug-likeness (QED) is 0.225. The van der Waals surface area contributed by atoms with E-state index in [4.69, 9.17) is 0 Å². The smallest absolute Gasteiger partial charge is 0.467 e. The third-order valence-electron chi connectivity index (χ3n) is 2.65. The molecule has 0 fully saturated rings. The summed E-state index contributed by atoms with van der Waals surface area (Å²) in [4.78, 5) is 44.7. The zero-order valence-corrected chi connectivity index (χ0v) is 15.7. The molecule has 28 heavy (non-hydrogen) atoms. The van der Waals surface area contributed by atoms with E-state index >= 15 is 0 Å². The van der Waals surface area contributed by atoms with Gasteiger partial charge < -0.3 is 20.1 Å². The fraction of sp³-hybridized carbons (Fsp3) is 0.667. The Morgan fingerprint density at radius 3 is 1.25 bits per heavy atom. The maximum atomic E-state index is 12.3. The molecule has 0 bridgehead atoms. The number of ether oxygens (including phenoxy) is 2. The molecule has 2 N–H and O–H groups in total. The summed E-state index contributed by atoms with van der Waals surface area (Å²) in [7, 11) is 3.02. The Kier molecular flexibility index (Phi) is 10.5. The zero-order chi connectivity index (χ0) is 22.1. The molecule has 0 heterocycles. The van der Waals surface area contributed by atoms with Crippen LogP contribution in [0.25, 0.3) is 0 Å². The predicted octanol–water partition coefficient (Wildman–Crippen LogP) is 0.808. The van der Waals surface area contributed by atoms with E-state index in [1.54, 1.807) is 0 Å². The van der Waals surface area contributed by atoms with Gasteiger partial charge in [-0.1, -0.05) is 21.6 Å². The van der Waals surface area contributed by atoms with Crippen LogP contribution >= 0.6 is 21.6 Å². The van der Waals surface area contributed by atoms with Gasteiger partial charge in [-0.25, -0.2) is 9.59 Å². The lowest BCUT2D eigenvalue weighted by atomic mass is 10.3. The van der Waals surface area contributed by atoms with Crippen molar-refractivity contribution in [1.82, 2.24) is 10.6 Å². The van der Waals surface area contributed by atoms with Crippen LogP contribution < -0.4 is 10.6 Å². The molecule has 0 spiro atoms. The van der Waals surface area contributed by atoms with Crippen molar-refractivity contribution in [3.8, 4) is 0 Å². The summed E-state index contributed by atoms with van der Waals surface area (Å²) in [5, 5.41) is 2.80. The highest BCUT2D eigenvalue weighted by molar-refractivity contribution is 8.76. The minimum atomic E-state index is -5.25. The monoisotopic (exact) mass is 460 g/mol. The van der Waals surface area contributed by atoms with Crippen LogP contribution in [-0.4, -0.2) is 73.9 Å². The largest absolute Gasteiger partial charge is 0.471 e. The summed E-state index contributed by atoms with van der Waals surface area (Å²) in [6.45, 7) is 0. The van der Waals surface area contributed by atoms with E-state index in [9.17, 15) is 45.5 Å². The highest BCUT2D eigenvalue weighted by atomic mass is 33.1. The molecule has 0 aromatic rings. The summed E-state index contributed by atoms with van der Waals surface area (Å²) in [5.41, 5.74) is 0. The average molecular weight is 460 g/mol. The van der Waals surface area contributed by atoms with Crippen molar-refractivity contribution in [2.24, 2.45) is 0 Å². The fourth-order valence-corrected chi connectivity index (χ4v) is 3.63. The van der Waals surface area contributed by atoms with Crippen LogP contribution in [0.2, 0.25) is 0 Å². The molecule has 2 unspecified atom stereocenters. The molecule has 0 aliphatic rings. The predicted molar refractivity (Wildman–Crippen MR) is 84.9 cm³/mol. The maximum absolute atomic E-state index is 12.3. The summed E-state index contributed by atoms with van der Waals surface area (Å²) in [6, 6.07) is -3.42. The van der Waals surface area contributed by atoms with E-state index in [1.165, 1.54) is 10.6 Å². The number of nitrogens with one attached hydrogen (secondary N) is 2. The van der Waals surface area contributed by atoms with Crippen LogP contribution in [0.1, 0.15) is 0 Å². The molecule has 162 valence electrons. The molecule has 0 aromatic heterocycles. The van der Waals surface area contributed by atoms with Crippen molar-refractivity contribution in [2.75, 3.05) is 25.7 Å². The van der Waals surface area contributed by atoms with Crippen LogP contribution in [0.5, 0.6) is 0 Å². The molecule has 0 saturated heterocycles. The van der Waals surface area contributed by atoms with E-state index < -0.39 is 59.7 Å². The average Bonchev–Trinajstić information content (AvgIpc) is 2.59. The van der Waals surface area contributed by atoms with Crippen molar-refractivity contribution in [3.05, 3.63) is 0 Å².